The smallest absolute Gasteiger partial charge is 0.329 e. The van der Waals surface area contributed by atoms with E-state index in [4.69, 9.17) is 4.74 Å². The first-order chi connectivity index (χ1) is 18.3. The van der Waals surface area contributed by atoms with Crippen molar-refractivity contribution in [2.24, 2.45) is 7.05 Å². The summed E-state index contributed by atoms with van der Waals surface area (Å²) in [6.45, 7) is 1.87. The van der Waals surface area contributed by atoms with Gasteiger partial charge in [-0.2, -0.15) is 0 Å². The molecule has 0 bridgehead atoms. The summed E-state index contributed by atoms with van der Waals surface area (Å²) in [5.74, 6) is -1.23. The molecule has 0 aliphatic heterocycles. The molecule has 0 radical (unpaired) electrons. The molecule has 192 valence electrons. The Balaban J connectivity index is 1.46. The summed E-state index contributed by atoms with van der Waals surface area (Å²) < 4.78 is 36.7. The number of imidazole rings is 1. The van der Waals surface area contributed by atoms with Crippen LogP contribution in [-0.2, 0) is 25.0 Å². The molecule has 0 fully saturated rings. The van der Waals surface area contributed by atoms with E-state index < -0.39 is 17.5 Å². The highest BCUT2D eigenvalue weighted by molar-refractivity contribution is 5.95. The fourth-order valence-electron chi connectivity index (χ4n) is 4.47. The molecule has 5 rings (SSSR count). The highest BCUT2D eigenvalue weighted by Gasteiger charge is 2.19. The average Bonchev–Trinajstić information content (AvgIpc) is 3.13. The SMILES string of the molecule is Cc1cc(-c2ccc(OCc3ccccc3)c(F)c2)c2c(c1)n(CC(=O)Nc1ccc(F)cc1)c(=O)n2C. The molecule has 0 aliphatic carbocycles. The summed E-state index contributed by atoms with van der Waals surface area (Å²) in [7, 11) is 1.62. The number of rotatable bonds is 7. The van der Waals surface area contributed by atoms with E-state index in [2.05, 4.69) is 5.32 Å². The minimum Gasteiger partial charge on any atom is -0.486 e. The van der Waals surface area contributed by atoms with Crippen molar-refractivity contribution >= 4 is 22.6 Å². The molecule has 8 heteroatoms. The second kappa shape index (κ2) is 10.3. The highest BCUT2D eigenvalue weighted by Crippen LogP contribution is 2.32. The predicted molar refractivity (Wildman–Crippen MR) is 143 cm³/mol. The lowest BCUT2D eigenvalue weighted by atomic mass is 10.0. The number of benzene rings is 4. The lowest BCUT2D eigenvalue weighted by Gasteiger charge is -2.11. The van der Waals surface area contributed by atoms with Crippen molar-refractivity contribution in [2.75, 3.05) is 5.32 Å². The van der Waals surface area contributed by atoms with Gasteiger partial charge in [0, 0.05) is 18.3 Å². The van der Waals surface area contributed by atoms with Gasteiger partial charge in [0.25, 0.3) is 0 Å². The Morgan fingerprint density at radius 3 is 2.39 bits per heavy atom. The van der Waals surface area contributed by atoms with Crippen LogP contribution < -0.4 is 15.7 Å². The van der Waals surface area contributed by atoms with Gasteiger partial charge in [-0.15, -0.1) is 0 Å². The number of nitrogens with one attached hydrogen (secondary N) is 1. The largest absolute Gasteiger partial charge is 0.486 e. The molecule has 6 nitrogen and oxygen atoms in total. The van der Waals surface area contributed by atoms with Gasteiger partial charge in [0.15, 0.2) is 11.6 Å². The number of halogens is 2. The molecule has 0 unspecified atom stereocenters. The fourth-order valence-corrected chi connectivity index (χ4v) is 4.47. The number of aryl methyl sites for hydroxylation is 2. The van der Waals surface area contributed by atoms with Crippen molar-refractivity contribution in [3.05, 3.63) is 118 Å². The number of aromatic nitrogens is 2. The van der Waals surface area contributed by atoms with Crippen LogP contribution in [0.25, 0.3) is 22.2 Å². The molecule has 1 N–H and O–H groups in total. The Morgan fingerprint density at radius 2 is 1.68 bits per heavy atom. The number of hydrogen-bond donors (Lipinski definition) is 1. The van der Waals surface area contributed by atoms with Crippen molar-refractivity contribution in [3.63, 3.8) is 0 Å². The van der Waals surface area contributed by atoms with Gasteiger partial charge in [0.2, 0.25) is 5.91 Å². The van der Waals surface area contributed by atoms with Crippen LogP contribution in [0.4, 0.5) is 14.5 Å². The van der Waals surface area contributed by atoms with Crippen LogP contribution in [0.1, 0.15) is 11.1 Å². The summed E-state index contributed by atoms with van der Waals surface area (Å²) in [6.07, 6.45) is 0. The number of amides is 1. The van der Waals surface area contributed by atoms with Crippen molar-refractivity contribution in [2.45, 2.75) is 20.1 Å². The normalized spacial score (nSPS) is 11.1. The van der Waals surface area contributed by atoms with Crippen molar-refractivity contribution in [3.8, 4) is 16.9 Å². The molecule has 0 saturated carbocycles. The van der Waals surface area contributed by atoms with Crippen LogP contribution in [0.3, 0.4) is 0 Å². The second-order valence-corrected chi connectivity index (χ2v) is 9.08. The van der Waals surface area contributed by atoms with Gasteiger partial charge in [-0.3, -0.25) is 13.9 Å². The van der Waals surface area contributed by atoms with Gasteiger partial charge in [-0.05, 0) is 72.1 Å². The minimum atomic E-state index is -0.517. The van der Waals surface area contributed by atoms with Crippen LogP contribution >= 0.6 is 0 Å². The summed E-state index contributed by atoms with van der Waals surface area (Å²) in [4.78, 5) is 25.9. The molecular formula is C30H25F2N3O3. The second-order valence-electron chi connectivity index (χ2n) is 9.08. The Hall–Kier alpha value is -4.72. The molecule has 1 amide bonds. The number of carbonyl (C=O) groups excluding carboxylic acids is 1. The van der Waals surface area contributed by atoms with Crippen LogP contribution in [-0.4, -0.2) is 15.0 Å². The van der Waals surface area contributed by atoms with E-state index >= 15 is 4.39 Å². The van der Waals surface area contributed by atoms with Gasteiger partial charge in [0.1, 0.15) is 19.0 Å². The zero-order valence-corrected chi connectivity index (χ0v) is 20.9. The van der Waals surface area contributed by atoms with Crippen molar-refractivity contribution in [1.82, 2.24) is 9.13 Å². The fraction of sp³-hybridized carbons (Fsp3) is 0.133. The topological polar surface area (TPSA) is 65.3 Å². The van der Waals surface area contributed by atoms with E-state index in [1.807, 2.05) is 49.4 Å². The Kier molecular flexibility index (Phi) is 6.79. The number of anilines is 1. The van der Waals surface area contributed by atoms with E-state index in [0.717, 1.165) is 11.1 Å². The van der Waals surface area contributed by atoms with Crippen LogP contribution in [0.5, 0.6) is 5.75 Å². The number of ether oxygens (including phenoxy) is 1. The van der Waals surface area contributed by atoms with Gasteiger partial charge in [-0.1, -0.05) is 36.4 Å². The maximum absolute atomic E-state index is 15.1. The lowest BCUT2D eigenvalue weighted by molar-refractivity contribution is -0.116. The standard InChI is InChI=1S/C30H25F2N3O3/c1-19-14-24(21-8-13-27(25(32)16-21)38-18-20-6-4-3-5-7-20)29-26(15-19)35(30(37)34(29)2)17-28(36)33-23-11-9-22(31)10-12-23/h3-16H,17-18H2,1-2H3,(H,33,36). The summed E-state index contributed by atoms with van der Waals surface area (Å²) in [5, 5.41) is 2.68. The molecule has 0 saturated heterocycles. The van der Waals surface area contributed by atoms with E-state index in [-0.39, 0.29) is 24.6 Å². The molecule has 0 atom stereocenters. The van der Waals surface area contributed by atoms with Crippen LogP contribution in [0, 0.1) is 18.6 Å². The third-order valence-corrected chi connectivity index (χ3v) is 6.29. The van der Waals surface area contributed by atoms with Crippen LogP contribution in [0.15, 0.2) is 89.7 Å². The van der Waals surface area contributed by atoms with E-state index in [1.165, 1.54) is 39.5 Å². The summed E-state index contributed by atoms with van der Waals surface area (Å²) >= 11 is 0. The van der Waals surface area contributed by atoms with E-state index in [1.54, 1.807) is 19.2 Å². The lowest BCUT2D eigenvalue weighted by Crippen LogP contribution is -2.28. The monoisotopic (exact) mass is 513 g/mol. The Labute approximate surface area is 217 Å². The minimum absolute atomic E-state index is 0.130. The molecule has 4 aromatic carbocycles. The average molecular weight is 514 g/mol. The molecule has 38 heavy (non-hydrogen) atoms. The Bertz CT molecular complexity index is 1690. The number of carbonyl (C=O) groups is 1. The molecule has 0 spiro atoms. The van der Waals surface area contributed by atoms with E-state index in [9.17, 15) is 14.0 Å². The van der Waals surface area contributed by atoms with Gasteiger partial charge in [0.05, 0.1) is 11.0 Å². The van der Waals surface area contributed by atoms with Gasteiger partial charge >= 0.3 is 5.69 Å². The Morgan fingerprint density at radius 1 is 0.947 bits per heavy atom. The first kappa shape index (κ1) is 25.0. The maximum atomic E-state index is 15.1. The van der Waals surface area contributed by atoms with Gasteiger partial charge < -0.3 is 10.1 Å². The summed E-state index contributed by atoms with van der Waals surface area (Å²) in [5.41, 5.74) is 4.17. The van der Waals surface area contributed by atoms with Crippen molar-refractivity contribution in [1.29, 1.82) is 0 Å². The third-order valence-electron chi connectivity index (χ3n) is 6.29. The molecule has 1 aromatic heterocycles. The molecule has 0 aliphatic rings. The first-order valence-electron chi connectivity index (χ1n) is 12.0. The third kappa shape index (κ3) is 5.06. The zero-order valence-electron chi connectivity index (χ0n) is 20.9. The quantitative estimate of drug-likeness (QED) is 0.299. The van der Waals surface area contributed by atoms with Gasteiger partial charge in [-0.25, -0.2) is 13.6 Å². The summed E-state index contributed by atoms with van der Waals surface area (Å²) in [6, 6.07) is 23.3. The van der Waals surface area contributed by atoms with E-state index in [0.29, 0.717) is 27.8 Å². The molecular weight excluding hydrogens is 488 g/mol. The number of hydrogen-bond acceptors (Lipinski definition) is 3. The maximum Gasteiger partial charge on any atom is 0.329 e. The first-order valence-corrected chi connectivity index (χ1v) is 12.0. The highest BCUT2D eigenvalue weighted by atomic mass is 19.1. The number of nitrogens with zero attached hydrogens (tertiary/aromatic N) is 2. The zero-order chi connectivity index (χ0) is 26.8. The van der Waals surface area contributed by atoms with Crippen molar-refractivity contribution < 1.29 is 18.3 Å². The molecule has 5 aromatic rings. The van der Waals surface area contributed by atoms with Crippen LogP contribution in [0.2, 0.25) is 0 Å². The predicted octanol–water partition coefficient (Wildman–Crippen LogP) is 5.81. The number of fused-ring (bicyclic) bond motifs is 1. The molecule has 1 heterocycles.